The minimum atomic E-state index is -5.25. The summed E-state index contributed by atoms with van der Waals surface area (Å²) in [6.07, 6.45) is -10.5. The van der Waals surface area contributed by atoms with Crippen LogP contribution in [0.25, 0.3) is 0 Å². The number of alkyl halides is 6. The van der Waals surface area contributed by atoms with Gasteiger partial charge in [-0.15, -0.1) is 0 Å². The van der Waals surface area contributed by atoms with Crippen LogP contribution in [0.1, 0.15) is 16.8 Å². The maximum Gasteiger partial charge on any atom is 0.433 e. The van der Waals surface area contributed by atoms with Crippen molar-refractivity contribution in [3.05, 3.63) is 53.0 Å². The molecule has 0 spiro atoms. The normalized spacial score (nSPS) is 11.7. The minimum absolute atomic E-state index is 0.228. The van der Waals surface area contributed by atoms with E-state index in [2.05, 4.69) is 10.3 Å². The van der Waals surface area contributed by atoms with Crippen LogP contribution >= 0.6 is 0 Å². The monoisotopic (exact) mass is 420 g/mol. The molecule has 0 unspecified atom stereocenters. The van der Waals surface area contributed by atoms with E-state index in [-0.39, 0.29) is 11.8 Å². The van der Waals surface area contributed by atoms with Crippen molar-refractivity contribution < 1.29 is 35.5 Å². The molecule has 1 N–H and O–H groups in total. The molecule has 0 bridgehead atoms. The Morgan fingerprint density at radius 2 is 1.72 bits per heavy atom. The van der Waals surface area contributed by atoms with Gasteiger partial charge in [0.05, 0.1) is 12.1 Å². The van der Waals surface area contributed by atoms with E-state index in [0.29, 0.717) is 0 Å². The summed E-state index contributed by atoms with van der Waals surface area (Å²) in [5.41, 5.74) is -4.65. The van der Waals surface area contributed by atoms with E-state index in [0.717, 1.165) is 23.1 Å². The number of likely N-dealkylation sites (N-methyl/N-ethyl adjacent to an activating group) is 1. The topological polar surface area (TPSA) is 69.0 Å². The number of pyridine rings is 1. The number of nitriles is 1. The minimum Gasteiger partial charge on any atom is -0.360 e. The Morgan fingerprint density at radius 3 is 2.21 bits per heavy atom. The zero-order chi connectivity index (χ0) is 22.0. The number of rotatable bonds is 4. The number of benzene rings is 1. The van der Waals surface area contributed by atoms with Crippen LogP contribution < -0.4 is 10.2 Å². The molecule has 1 aromatic heterocycles. The molecule has 0 fully saturated rings. The summed E-state index contributed by atoms with van der Waals surface area (Å²) in [4.78, 5) is 16.2. The Hall–Kier alpha value is -3.36. The highest BCUT2D eigenvalue weighted by molar-refractivity contribution is 5.95. The lowest BCUT2D eigenvalue weighted by Gasteiger charge is -2.19. The standard InChI is InChI=1S/C17H11F7N4O/c1-28(10-4-2-9(18)3-5-10)14(29)8-26-15-11(7-25)12(16(19,20)21)6-13(27-15)17(22,23)24/h2-6H,8H2,1H3,(H,26,27). The molecule has 0 aliphatic rings. The van der Waals surface area contributed by atoms with Crippen molar-refractivity contribution in [3.63, 3.8) is 0 Å². The highest BCUT2D eigenvalue weighted by Gasteiger charge is 2.41. The van der Waals surface area contributed by atoms with Gasteiger partial charge >= 0.3 is 12.4 Å². The highest BCUT2D eigenvalue weighted by atomic mass is 19.4. The first kappa shape index (κ1) is 21.9. The van der Waals surface area contributed by atoms with Crippen LogP contribution in [0.5, 0.6) is 0 Å². The van der Waals surface area contributed by atoms with Gasteiger partial charge in [-0.3, -0.25) is 4.79 Å². The van der Waals surface area contributed by atoms with Gasteiger partial charge in [0.2, 0.25) is 5.91 Å². The number of anilines is 2. The zero-order valence-electron chi connectivity index (χ0n) is 14.5. The number of aromatic nitrogens is 1. The first-order chi connectivity index (χ1) is 13.3. The first-order valence-corrected chi connectivity index (χ1v) is 7.70. The molecule has 12 heteroatoms. The number of hydrogen-bond acceptors (Lipinski definition) is 4. The second-order valence-electron chi connectivity index (χ2n) is 5.67. The van der Waals surface area contributed by atoms with Crippen LogP contribution in [0.3, 0.4) is 0 Å². The SMILES string of the molecule is CN(C(=O)CNc1nc(C(F)(F)F)cc(C(F)(F)F)c1C#N)c1ccc(F)cc1. The second-order valence-corrected chi connectivity index (χ2v) is 5.67. The summed E-state index contributed by atoms with van der Waals surface area (Å²) < 4.78 is 90.9. The van der Waals surface area contributed by atoms with Crippen LogP contribution in [0, 0.1) is 17.1 Å². The van der Waals surface area contributed by atoms with Crippen LogP contribution in [0.15, 0.2) is 30.3 Å². The molecule has 0 saturated carbocycles. The summed E-state index contributed by atoms with van der Waals surface area (Å²) in [6.45, 7) is -0.770. The average Bonchev–Trinajstić information content (AvgIpc) is 2.63. The maximum atomic E-state index is 13.1. The summed E-state index contributed by atoms with van der Waals surface area (Å²) in [5, 5.41) is 11.0. The number of hydrogen-bond donors (Lipinski definition) is 1. The third-order valence-electron chi connectivity index (χ3n) is 3.72. The van der Waals surface area contributed by atoms with Crippen LogP contribution in [-0.4, -0.2) is 24.5 Å². The van der Waals surface area contributed by atoms with Gasteiger partial charge in [0.15, 0.2) is 0 Å². The molecule has 0 radical (unpaired) electrons. The second kappa shape index (κ2) is 7.94. The predicted octanol–water partition coefficient (Wildman–Crippen LogP) is 4.20. The Balaban J connectivity index is 2.35. The van der Waals surface area contributed by atoms with Gasteiger partial charge in [0.25, 0.3) is 0 Å². The molecule has 0 atom stereocenters. The molecular weight excluding hydrogens is 409 g/mol. The third kappa shape index (κ3) is 5.13. The molecule has 2 aromatic rings. The number of carbonyl (C=O) groups excluding carboxylic acids is 1. The molecule has 1 heterocycles. The fraction of sp³-hybridized carbons (Fsp3) is 0.235. The van der Waals surface area contributed by atoms with Crippen molar-refractivity contribution in [2.24, 2.45) is 0 Å². The van der Waals surface area contributed by atoms with Crippen molar-refractivity contribution >= 4 is 17.4 Å². The third-order valence-corrected chi connectivity index (χ3v) is 3.72. The van der Waals surface area contributed by atoms with Crippen LogP contribution in [0.2, 0.25) is 0 Å². The molecule has 5 nitrogen and oxygen atoms in total. The molecule has 29 heavy (non-hydrogen) atoms. The fourth-order valence-electron chi connectivity index (χ4n) is 2.24. The van der Waals surface area contributed by atoms with Gasteiger partial charge in [-0.2, -0.15) is 31.6 Å². The molecular formula is C17H11F7N4O. The number of nitrogens with one attached hydrogen (secondary N) is 1. The summed E-state index contributed by atoms with van der Waals surface area (Å²) in [6, 6.07) is 5.51. The largest absolute Gasteiger partial charge is 0.433 e. The summed E-state index contributed by atoms with van der Waals surface area (Å²) in [5.74, 6) is -2.39. The lowest BCUT2D eigenvalue weighted by Crippen LogP contribution is -2.32. The van der Waals surface area contributed by atoms with Gasteiger partial charge < -0.3 is 10.2 Å². The lowest BCUT2D eigenvalue weighted by molar-refractivity contribution is -0.145. The van der Waals surface area contributed by atoms with Crippen molar-refractivity contribution in [1.82, 2.24) is 4.98 Å². The maximum absolute atomic E-state index is 13.1. The Morgan fingerprint density at radius 1 is 1.14 bits per heavy atom. The predicted molar refractivity (Wildman–Crippen MR) is 87.3 cm³/mol. The molecule has 0 aliphatic carbocycles. The lowest BCUT2D eigenvalue weighted by atomic mass is 10.1. The summed E-state index contributed by atoms with van der Waals surface area (Å²) >= 11 is 0. The van der Waals surface area contributed by atoms with Crippen molar-refractivity contribution in [2.45, 2.75) is 12.4 Å². The molecule has 1 amide bonds. The number of amides is 1. The quantitative estimate of drug-likeness (QED) is 0.753. The van der Waals surface area contributed by atoms with E-state index in [9.17, 15) is 35.5 Å². The smallest absolute Gasteiger partial charge is 0.360 e. The molecule has 0 aliphatic heterocycles. The van der Waals surface area contributed by atoms with E-state index < -0.39 is 53.3 Å². The zero-order valence-corrected chi connectivity index (χ0v) is 14.5. The van der Waals surface area contributed by atoms with E-state index in [1.54, 1.807) is 0 Å². The van der Waals surface area contributed by atoms with Crippen LogP contribution in [-0.2, 0) is 17.1 Å². The Kier molecular flexibility index (Phi) is 6.01. The molecule has 0 saturated heterocycles. The van der Waals surface area contributed by atoms with E-state index in [1.807, 2.05) is 0 Å². The fourth-order valence-corrected chi connectivity index (χ4v) is 2.24. The summed E-state index contributed by atoms with van der Waals surface area (Å²) in [7, 11) is 1.27. The number of nitrogens with zero attached hydrogens (tertiary/aromatic N) is 3. The first-order valence-electron chi connectivity index (χ1n) is 7.70. The number of halogens is 7. The van der Waals surface area contributed by atoms with E-state index in [1.165, 1.54) is 19.2 Å². The van der Waals surface area contributed by atoms with Gasteiger partial charge in [-0.05, 0) is 30.3 Å². The van der Waals surface area contributed by atoms with Gasteiger partial charge in [-0.25, -0.2) is 9.37 Å². The molecule has 1 aromatic carbocycles. The number of carbonyl (C=O) groups is 1. The highest BCUT2D eigenvalue weighted by Crippen LogP contribution is 2.38. The molecule has 154 valence electrons. The van der Waals surface area contributed by atoms with Crippen molar-refractivity contribution in [2.75, 3.05) is 23.8 Å². The van der Waals surface area contributed by atoms with Crippen molar-refractivity contribution in [1.29, 1.82) is 5.26 Å². The van der Waals surface area contributed by atoms with E-state index in [4.69, 9.17) is 5.26 Å². The van der Waals surface area contributed by atoms with E-state index >= 15 is 0 Å². The average molecular weight is 420 g/mol. The van der Waals surface area contributed by atoms with Crippen LogP contribution in [0.4, 0.5) is 42.2 Å². The van der Waals surface area contributed by atoms with Crippen molar-refractivity contribution in [3.8, 4) is 6.07 Å². The Labute approximate surface area is 159 Å². The van der Waals surface area contributed by atoms with Gasteiger partial charge in [0.1, 0.15) is 29.0 Å². The Bertz CT molecular complexity index is 946. The van der Waals surface area contributed by atoms with Gasteiger partial charge in [-0.1, -0.05) is 0 Å². The van der Waals surface area contributed by atoms with Gasteiger partial charge in [0, 0.05) is 12.7 Å². The molecule has 2 rings (SSSR count).